The number of carbonyl (C=O) groups excluding carboxylic acids is 1. The number of nitrogens with one attached hydrogen (secondary N) is 2. The highest BCUT2D eigenvalue weighted by atomic mass is 19.1. The van der Waals surface area contributed by atoms with Gasteiger partial charge in [0.2, 0.25) is 0 Å². The molecule has 1 atom stereocenters. The summed E-state index contributed by atoms with van der Waals surface area (Å²) in [6, 6.07) is 4.20. The lowest BCUT2D eigenvalue weighted by molar-refractivity contribution is 0.0929. The van der Waals surface area contributed by atoms with Gasteiger partial charge in [-0.15, -0.1) is 0 Å². The van der Waals surface area contributed by atoms with E-state index in [4.69, 9.17) is 0 Å². The van der Waals surface area contributed by atoms with Crippen molar-refractivity contribution in [2.45, 2.75) is 32.4 Å². The highest BCUT2D eigenvalue weighted by Gasteiger charge is 2.26. The number of hydrogen-bond donors (Lipinski definition) is 2. The number of hydrogen-bond acceptors (Lipinski definition) is 3. The standard InChI is InChI=1S/C16H16FN5O/c1-9-19-15-13(3-2-6-22(15)21-9)20-16(23)12-8-18-14-7-10(17)4-5-11(12)14/h4-5,7-8,13,18H,2-3,6H2,1H3,(H,20,23). The summed E-state index contributed by atoms with van der Waals surface area (Å²) < 4.78 is 15.1. The van der Waals surface area contributed by atoms with Crippen LogP contribution in [0.15, 0.2) is 24.4 Å². The van der Waals surface area contributed by atoms with Crippen LogP contribution in [-0.2, 0) is 6.54 Å². The van der Waals surface area contributed by atoms with Gasteiger partial charge in [-0.25, -0.2) is 14.1 Å². The molecule has 3 heterocycles. The second kappa shape index (κ2) is 5.19. The molecule has 1 aromatic carbocycles. The minimum absolute atomic E-state index is 0.150. The molecule has 6 nitrogen and oxygen atoms in total. The Labute approximate surface area is 131 Å². The lowest BCUT2D eigenvalue weighted by Crippen LogP contribution is -2.33. The van der Waals surface area contributed by atoms with Crippen molar-refractivity contribution in [3.63, 3.8) is 0 Å². The van der Waals surface area contributed by atoms with Gasteiger partial charge >= 0.3 is 0 Å². The highest BCUT2D eigenvalue weighted by molar-refractivity contribution is 6.06. The van der Waals surface area contributed by atoms with Crippen molar-refractivity contribution in [3.8, 4) is 0 Å². The van der Waals surface area contributed by atoms with E-state index in [1.807, 2.05) is 11.6 Å². The van der Waals surface area contributed by atoms with Crippen LogP contribution in [-0.4, -0.2) is 25.7 Å². The number of aryl methyl sites for hydroxylation is 2. The fraction of sp³-hybridized carbons (Fsp3) is 0.312. The molecule has 1 amide bonds. The Hall–Kier alpha value is -2.70. The maximum atomic E-state index is 13.2. The first-order valence-corrected chi connectivity index (χ1v) is 7.60. The summed E-state index contributed by atoms with van der Waals surface area (Å²) >= 11 is 0. The summed E-state index contributed by atoms with van der Waals surface area (Å²) in [6.45, 7) is 2.67. The molecule has 0 saturated carbocycles. The van der Waals surface area contributed by atoms with Crippen molar-refractivity contribution in [2.75, 3.05) is 0 Å². The molecule has 23 heavy (non-hydrogen) atoms. The number of H-pyrrole nitrogens is 1. The maximum Gasteiger partial charge on any atom is 0.254 e. The van der Waals surface area contributed by atoms with Crippen molar-refractivity contribution >= 4 is 16.8 Å². The Balaban J connectivity index is 1.63. The van der Waals surface area contributed by atoms with Crippen molar-refractivity contribution in [3.05, 3.63) is 47.4 Å². The molecule has 2 aromatic heterocycles. The number of aromatic amines is 1. The van der Waals surface area contributed by atoms with Crippen LogP contribution in [0.1, 0.15) is 40.9 Å². The van der Waals surface area contributed by atoms with E-state index in [1.54, 1.807) is 12.3 Å². The summed E-state index contributed by atoms with van der Waals surface area (Å²) in [7, 11) is 0. The Bertz CT molecular complexity index is 897. The van der Waals surface area contributed by atoms with Gasteiger partial charge in [0.05, 0.1) is 11.6 Å². The molecule has 118 valence electrons. The molecule has 0 fully saturated rings. The zero-order valence-electron chi connectivity index (χ0n) is 12.6. The number of halogens is 1. The van der Waals surface area contributed by atoms with Crippen molar-refractivity contribution in [1.29, 1.82) is 0 Å². The maximum absolute atomic E-state index is 13.2. The van der Waals surface area contributed by atoms with E-state index in [-0.39, 0.29) is 17.8 Å². The van der Waals surface area contributed by atoms with Gasteiger partial charge in [0.25, 0.3) is 5.91 Å². The van der Waals surface area contributed by atoms with Gasteiger partial charge in [-0.3, -0.25) is 4.79 Å². The van der Waals surface area contributed by atoms with Crippen LogP contribution >= 0.6 is 0 Å². The average Bonchev–Trinajstić information content (AvgIpc) is 3.09. The van der Waals surface area contributed by atoms with Crippen LogP contribution in [0.4, 0.5) is 4.39 Å². The highest BCUT2D eigenvalue weighted by Crippen LogP contribution is 2.25. The van der Waals surface area contributed by atoms with Crippen LogP contribution in [0.25, 0.3) is 10.9 Å². The molecular weight excluding hydrogens is 297 g/mol. The van der Waals surface area contributed by atoms with Crippen molar-refractivity contribution in [1.82, 2.24) is 25.1 Å². The van der Waals surface area contributed by atoms with E-state index in [9.17, 15) is 9.18 Å². The molecule has 7 heteroatoms. The predicted octanol–water partition coefficient (Wildman–Crippen LogP) is 2.47. The SMILES string of the molecule is Cc1nc2n(n1)CCCC2NC(=O)c1c[nH]c2cc(F)ccc12. The van der Waals surface area contributed by atoms with Crippen molar-refractivity contribution < 1.29 is 9.18 Å². The van der Waals surface area contributed by atoms with E-state index < -0.39 is 0 Å². The summed E-state index contributed by atoms with van der Waals surface area (Å²) in [5.74, 6) is 0.987. The molecule has 0 aliphatic carbocycles. The van der Waals surface area contributed by atoms with E-state index in [0.29, 0.717) is 22.3 Å². The molecule has 3 aromatic rings. The molecule has 4 rings (SSSR count). The molecular formula is C16H16FN5O. The Morgan fingerprint density at radius 1 is 1.48 bits per heavy atom. The minimum Gasteiger partial charge on any atom is -0.360 e. The molecule has 0 radical (unpaired) electrons. The Kier molecular flexibility index (Phi) is 3.14. The number of aromatic nitrogens is 4. The van der Waals surface area contributed by atoms with Crippen LogP contribution in [0.3, 0.4) is 0 Å². The smallest absolute Gasteiger partial charge is 0.254 e. The molecule has 1 unspecified atom stereocenters. The number of carbonyl (C=O) groups is 1. The normalized spacial score (nSPS) is 17.2. The summed E-state index contributed by atoms with van der Waals surface area (Å²) in [6.07, 6.45) is 3.39. The lowest BCUT2D eigenvalue weighted by atomic mass is 10.1. The van der Waals surface area contributed by atoms with Gasteiger partial charge in [-0.1, -0.05) is 0 Å². The van der Waals surface area contributed by atoms with Crippen LogP contribution in [0.5, 0.6) is 0 Å². The zero-order valence-corrected chi connectivity index (χ0v) is 12.6. The topological polar surface area (TPSA) is 75.6 Å². The third kappa shape index (κ3) is 2.38. The third-order valence-electron chi connectivity index (χ3n) is 4.17. The van der Waals surface area contributed by atoms with Crippen LogP contribution < -0.4 is 5.32 Å². The van der Waals surface area contributed by atoms with E-state index >= 15 is 0 Å². The molecule has 1 aliphatic heterocycles. The first kappa shape index (κ1) is 13.9. The summed E-state index contributed by atoms with van der Waals surface area (Å²) in [4.78, 5) is 20.0. The third-order valence-corrected chi connectivity index (χ3v) is 4.17. The fourth-order valence-corrected chi connectivity index (χ4v) is 3.13. The lowest BCUT2D eigenvalue weighted by Gasteiger charge is -2.23. The largest absolute Gasteiger partial charge is 0.360 e. The number of nitrogens with zero attached hydrogens (tertiary/aromatic N) is 3. The van der Waals surface area contributed by atoms with E-state index in [2.05, 4.69) is 20.4 Å². The van der Waals surface area contributed by atoms with Crippen LogP contribution in [0.2, 0.25) is 0 Å². The second-order valence-corrected chi connectivity index (χ2v) is 5.80. The monoisotopic (exact) mass is 313 g/mol. The molecule has 0 bridgehead atoms. The predicted molar refractivity (Wildman–Crippen MR) is 82.5 cm³/mol. The van der Waals surface area contributed by atoms with Gasteiger partial charge in [0.15, 0.2) is 0 Å². The number of rotatable bonds is 2. The van der Waals surface area contributed by atoms with Gasteiger partial charge in [-0.05, 0) is 38.0 Å². The second-order valence-electron chi connectivity index (χ2n) is 5.80. The molecule has 2 N–H and O–H groups in total. The molecule has 0 spiro atoms. The van der Waals surface area contributed by atoms with Gasteiger partial charge in [-0.2, -0.15) is 5.10 Å². The molecule has 0 saturated heterocycles. The number of fused-ring (bicyclic) bond motifs is 2. The summed E-state index contributed by atoms with van der Waals surface area (Å²) in [5.41, 5.74) is 1.12. The van der Waals surface area contributed by atoms with Crippen molar-refractivity contribution in [2.24, 2.45) is 0 Å². The van der Waals surface area contributed by atoms with Gasteiger partial charge < -0.3 is 10.3 Å². The van der Waals surface area contributed by atoms with Gasteiger partial charge in [0.1, 0.15) is 17.5 Å². The zero-order chi connectivity index (χ0) is 16.0. The van der Waals surface area contributed by atoms with Crippen LogP contribution in [0, 0.1) is 12.7 Å². The van der Waals surface area contributed by atoms with E-state index in [1.165, 1.54) is 12.1 Å². The minimum atomic E-state index is -0.331. The average molecular weight is 313 g/mol. The number of amides is 1. The first-order chi connectivity index (χ1) is 11.1. The molecule has 1 aliphatic rings. The number of benzene rings is 1. The first-order valence-electron chi connectivity index (χ1n) is 7.60. The fourth-order valence-electron chi connectivity index (χ4n) is 3.13. The quantitative estimate of drug-likeness (QED) is 0.763. The Morgan fingerprint density at radius 2 is 2.35 bits per heavy atom. The Morgan fingerprint density at radius 3 is 3.22 bits per heavy atom. The van der Waals surface area contributed by atoms with E-state index in [0.717, 1.165) is 25.2 Å². The summed E-state index contributed by atoms with van der Waals surface area (Å²) in [5, 5.41) is 8.06. The van der Waals surface area contributed by atoms with Gasteiger partial charge in [0, 0.05) is 23.6 Å².